The van der Waals surface area contributed by atoms with E-state index in [1.165, 1.54) is 0 Å². The maximum absolute atomic E-state index is 11.8. The minimum atomic E-state index is -0.854. The molecule has 2 nitrogen and oxygen atoms in total. The lowest BCUT2D eigenvalue weighted by Crippen LogP contribution is -2.29. The van der Waals surface area contributed by atoms with E-state index >= 15 is 0 Å². The fourth-order valence-corrected chi connectivity index (χ4v) is 3.13. The second-order valence-corrected chi connectivity index (χ2v) is 6.80. The highest BCUT2D eigenvalue weighted by molar-refractivity contribution is 7.87. The van der Waals surface area contributed by atoms with Gasteiger partial charge in [0.1, 0.15) is 5.78 Å². The van der Waals surface area contributed by atoms with E-state index in [1.807, 2.05) is 20.8 Å². The van der Waals surface area contributed by atoms with Gasteiger partial charge in [0.15, 0.2) is 0 Å². The summed E-state index contributed by atoms with van der Waals surface area (Å²) in [5.41, 5.74) is 0. The molecule has 1 aliphatic carbocycles. The van der Waals surface area contributed by atoms with Crippen LogP contribution in [0.3, 0.4) is 0 Å². The third kappa shape index (κ3) is 2.16. The molecule has 0 aromatic heterocycles. The Morgan fingerprint density at radius 2 is 2.00 bits per heavy atom. The first-order valence-corrected chi connectivity index (χ1v) is 5.55. The fourth-order valence-electron chi connectivity index (χ4n) is 1.46. The molecule has 3 heteroatoms. The average Bonchev–Trinajstić information content (AvgIpc) is 2.32. The van der Waals surface area contributed by atoms with Crippen molar-refractivity contribution in [1.29, 1.82) is 0 Å². The molecule has 0 heterocycles. The molecule has 0 spiro atoms. The van der Waals surface area contributed by atoms with Crippen LogP contribution in [0.1, 0.15) is 40.0 Å². The van der Waals surface area contributed by atoms with E-state index in [2.05, 4.69) is 0 Å². The molecule has 0 aliphatic heterocycles. The van der Waals surface area contributed by atoms with Crippen LogP contribution in [0.4, 0.5) is 0 Å². The van der Waals surface area contributed by atoms with Gasteiger partial charge in [0.25, 0.3) is 0 Å². The van der Waals surface area contributed by atoms with E-state index in [0.29, 0.717) is 12.8 Å². The summed E-state index contributed by atoms with van der Waals surface area (Å²) in [5, 5.41) is 0.123. The van der Waals surface area contributed by atoms with E-state index in [-0.39, 0.29) is 15.8 Å². The standard InChI is InChI=1S/C9H16O2S/c1-9(2,3)12(11)8-5-4-7(10)6-8/h8H,4-6H2,1-3H3. The molecular formula is C9H16O2S. The zero-order valence-corrected chi connectivity index (χ0v) is 8.74. The molecule has 70 valence electrons. The number of Topliss-reactive ketones (excluding diaryl/α,β-unsaturated/α-hetero) is 1. The number of hydrogen-bond acceptors (Lipinski definition) is 2. The van der Waals surface area contributed by atoms with E-state index in [9.17, 15) is 9.00 Å². The largest absolute Gasteiger partial charge is 0.300 e. The van der Waals surface area contributed by atoms with Crippen molar-refractivity contribution in [2.45, 2.75) is 50.0 Å². The van der Waals surface area contributed by atoms with Crippen LogP contribution in [0, 0.1) is 0 Å². The lowest BCUT2D eigenvalue weighted by Gasteiger charge is -2.21. The highest BCUT2D eigenvalue weighted by atomic mass is 32.2. The summed E-state index contributed by atoms with van der Waals surface area (Å²) < 4.78 is 11.6. The molecule has 1 saturated carbocycles. The molecule has 0 aromatic rings. The van der Waals surface area contributed by atoms with Gasteiger partial charge in [-0.25, -0.2) is 0 Å². The number of rotatable bonds is 1. The van der Waals surface area contributed by atoms with Crippen molar-refractivity contribution in [2.75, 3.05) is 0 Å². The topological polar surface area (TPSA) is 34.1 Å². The van der Waals surface area contributed by atoms with Crippen molar-refractivity contribution in [3.8, 4) is 0 Å². The number of carbonyl (C=O) groups excluding carboxylic acids is 1. The minimum Gasteiger partial charge on any atom is -0.300 e. The van der Waals surface area contributed by atoms with Crippen LogP contribution in [0.5, 0.6) is 0 Å². The molecule has 2 atom stereocenters. The van der Waals surface area contributed by atoms with Crippen molar-refractivity contribution in [3.63, 3.8) is 0 Å². The monoisotopic (exact) mass is 188 g/mol. The highest BCUT2D eigenvalue weighted by Crippen LogP contribution is 2.26. The maximum atomic E-state index is 11.8. The summed E-state index contributed by atoms with van der Waals surface area (Å²) in [7, 11) is -0.854. The number of ketones is 1. The normalized spacial score (nSPS) is 27.6. The molecule has 0 aromatic carbocycles. The van der Waals surface area contributed by atoms with Crippen LogP contribution in [0.25, 0.3) is 0 Å². The van der Waals surface area contributed by atoms with E-state index in [4.69, 9.17) is 0 Å². The Morgan fingerprint density at radius 1 is 1.42 bits per heavy atom. The first-order chi connectivity index (χ1) is 5.41. The van der Waals surface area contributed by atoms with Crippen molar-refractivity contribution >= 4 is 16.6 Å². The van der Waals surface area contributed by atoms with Gasteiger partial charge in [-0.1, -0.05) is 0 Å². The molecule has 1 fully saturated rings. The van der Waals surface area contributed by atoms with E-state index in [0.717, 1.165) is 6.42 Å². The Bertz CT molecular complexity index is 215. The molecule has 12 heavy (non-hydrogen) atoms. The number of hydrogen-bond donors (Lipinski definition) is 0. The van der Waals surface area contributed by atoms with Crippen LogP contribution in [0.15, 0.2) is 0 Å². The van der Waals surface area contributed by atoms with Crippen LogP contribution < -0.4 is 0 Å². The molecule has 2 unspecified atom stereocenters. The van der Waals surface area contributed by atoms with Gasteiger partial charge in [-0.05, 0) is 27.2 Å². The molecule has 1 rings (SSSR count). The lowest BCUT2D eigenvalue weighted by molar-refractivity contribution is -0.117. The first-order valence-electron chi connectivity index (χ1n) is 4.33. The Balaban J connectivity index is 2.61. The van der Waals surface area contributed by atoms with Crippen LogP contribution in [-0.4, -0.2) is 20.0 Å². The zero-order chi connectivity index (χ0) is 9.35. The summed E-state index contributed by atoms with van der Waals surface area (Å²) in [6.07, 6.45) is 1.99. The highest BCUT2D eigenvalue weighted by Gasteiger charge is 2.33. The van der Waals surface area contributed by atoms with Gasteiger partial charge in [0.05, 0.1) is 0 Å². The summed E-state index contributed by atoms with van der Waals surface area (Å²) in [6.45, 7) is 5.89. The molecule has 0 bridgehead atoms. The minimum absolute atomic E-state index is 0.123. The molecule has 0 radical (unpaired) electrons. The lowest BCUT2D eigenvalue weighted by atomic mass is 10.3. The summed E-state index contributed by atoms with van der Waals surface area (Å²) in [6, 6.07) is 0. The van der Waals surface area contributed by atoms with Crippen LogP contribution in [0.2, 0.25) is 0 Å². The Kier molecular flexibility index (Phi) is 2.71. The van der Waals surface area contributed by atoms with Crippen molar-refractivity contribution in [2.24, 2.45) is 0 Å². The summed E-state index contributed by atoms with van der Waals surface area (Å²) in [4.78, 5) is 11.0. The molecule has 0 saturated heterocycles. The Labute approximate surface area is 76.2 Å². The number of carbonyl (C=O) groups is 1. The van der Waals surface area contributed by atoms with Crippen molar-refractivity contribution in [3.05, 3.63) is 0 Å². The quantitative estimate of drug-likeness (QED) is 0.627. The van der Waals surface area contributed by atoms with Crippen molar-refractivity contribution in [1.82, 2.24) is 0 Å². The molecule has 0 N–H and O–H groups in total. The molecular weight excluding hydrogens is 172 g/mol. The first kappa shape index (κ1) is 9.90. The van der Waals surface area contributed by atoms with Gasteiger partial charge < -0.3 is 0 Å². The SMILES string of the molecule is CC(C)(C)S(=O)C1CCC(=O)C1. The second kappa shape index (κ2) is 3.29. The van der Waals surface area contributed by atoms with Gasteiger partial charge in [0, 0.05) is 33.6 Å². The predicted octanol–water partition coefficient (Wildman–Crippen LogP) is 1.66. The zero-order valence-electron chi connectivity index (χ0n) is 7.92. The van der Waals surface area contributed by atoms with Crippen LogP contribution in [-0.2, 0) is 15.6 Å². The van der Waals surface area contributed by atoms with Crippen LogP contribution >= 0.6 is 0 Å². The smallest absolute Gasteiger partial charge is 0.134 e. The fraction of sp³-hybridized carbons (Fsp3) is 0.889. The molecule has 1 aliphatic rings. The van der Waals surface area contributed by atoms with Crippen molar-refractivity contribution < 1.29 is 9.00 Å². The van der Waals surface area contributed by atoms with Gasteiger partial charge in [-0.15, -0.1) is 0 Å². The summed E-state index contributed by atoms with van der Waals surface area (Å²) >= 11 is 0. The maximum Gasteiger partial charge on any atom is 0.134 e. The van der Waals surface area contributed by atoms with Gasteiger partial charge >= 0.3 is 0 Å². The predicted molar refractivity (Wildman–Crippen MR) is 50.5 cm³/mol. The third-order valence-corrected chi connectivity index (χ3v) is 4.32. The third-order valence-electron chi connectivity index (χ3n) is 2.11. The summed E-state index contributed by atoms with van der Waals surface area (Å²) in [5.74, 6) is 0.276. The molecule has 0 amide bonds. The van der Waals surface area contributed by atoms with Gasteiger partial charge in [0.2, 0.25) is 0 Å². The van der Waals surface area contributed by atoms with E-state index < -0.39 is 10.8 Å². The van der Waals surface area contributed by atoms with Gasteiger partial charge in [-0.2, -0.15) is 0 Å². The Hall–Kier alpha value is -0.180. The second-order valence-electron chi connectivity index (χ2n) is 4.31. The van der Waals surface area contributed by atoms with Gasteiger partial charge in [-0.3, -0.25) is 9.00 Å². The average molecular weight is 188 g/mol. The van der Waals surface area contributed by atoms with E-state index in [1.54, 1.807) is 0 Å². The Morgan fingerprint density at radius 3 is 2.33 bits per heavy atom.